The van der Waals surface area contributed by atoms with E-state index >= 15 is 0 Å². The molecule has 2 atom stereocenters. The Morgan fingerprint density at radius 1 is 1.20 bits per heavy atom. The molecule has 2 aliphatic heterocycles. The van der Waals surface area contributed by atoms with Crippen LogP contribution in [0, 0.1) is 0 Å². The molecule has 0 radical (unpaired) electrons. The molecule has 1 saturated heterocycles. The zero-order valence-corrected chi connectivity index (χ0v) is 11.6. The summed E-state index contributed by atoms with van der Waals surface area (Å²) in [6.07, 6.45) is 2.72. The maximum absolute atomic E-state index is 5.91. The SMILES string of the molecule is c1ccc2sc(-c3nnc4n3C[C@H]3CC[C@@H]4O3)cc2c1. The van der Waals surface area contributed by atoms with Gasteiger partial charge in [0.1, 0.15) is 6.10 Å². The zero-order valence-electron chi connectivity index (χ0n) is 10.8. The van der Waals surface area contributed by atoms with E-state index in [1.807, 2.05) is 0 Å². The maximum atomic E-state index is 5.91. The van der Waals surface area contributed by atoms with Gasteiger partial charge in [0.25, 0.3) is 0 Å². The number of benzene rings is 1. The third-order valence-corrected chi connectivity index (χ3v) is 5.32. The second kappa shape index (κ2) is 3.90. The number of aromatic nitrogens is 3. The topological polar surface area (TPSA) is 39.9 Å². The van der Waals surface area contributed by atoms with E-state index in [0.717, 1.165) is 31.0 Å². The summed E-state index contributed by atoms with van der Waals surface area (Å²) >= 11 is 1.79. The Bertz CT molecular complexity index is 773. The first kappa shape index (κ1) is 11.0. The summed E-state index contributed by atoms with van der Waals surface area (Å²) in [4.78, 5) is 1.20. The first-order valence-corrected chi connectivity index (χ1v) is 7.77. The Labute approximate surface area is 120 Å². The predicted octanol–water partition coefficient (Wildman–Crippen LogP) is 3.39. The van der Waals surface area contributed by atoms with Crippen molar-refractivity contribution in [3.8, 4) is 10.7 Å². The first-order chi connectivity index (χ1) is 9.88. The Morgan fingerprint density at radius 3 is 3.10 bits per heavy atom. The Morgan fingerprint density at radius 2 is 2.15 bits per heavy atom. The molecule has 1 aromatic carbocycles. The molecule has 0 aliphatic carbocycles. The first-order valence-electron chi connectivity index (χ1n) is 6.96. The number of fused-ring (bicyclic) bond motifs is 5. The molecule has 3 aromatic rings. The van der Waals surface area contributed by atoms with Gasteiger partial charge in [-0.1, -0.05) is 18.2 Å². The number of nitrogens with zero attached hydrogens (tertiary/aromatic N) is 3. The van der Waals surface area contributed by atoms with Crippen LogP contribution in [0.5, 0.6) is 0 Å². The zero-order chi connectivity index (χ0) is 13.1. The third kappa shape index (κ3) is 1.45. The van der Waals surface area contributed by atoms with Gasteiger partial charge in [0.15, 0.2) is 11.6 Å². The number of ether oxygens (including phenoxy) is 1. The molecule has 2 bridgehead atoms. The molecule has 20 heavy (non-hydrogen) atoms. The van der Waals surface area contributed by atoms with Crippen LogP contribution in [0.15, 0.2) is 30.3 Å². The highest BCUT2D eigenvalue weighted by Gasteiger charge is 2.37. The summed E-state index contributed by atoms with van der Waals surface area (Å²) in [5.41, 5.74) is 0. The summed E-state index contributed by atoms with van der Waals surface area (Å²) in [6.45, 7) is 0.891. The van der Waals surface area contributed by atoms with E-state index in [9.17, 15) is 0 Å². The second-order valence-electron chi connectivity index (χ2n) is 5.46. The van der Waals surface area contributed by atoms with Crippen LogP contribution >= 0.6 is 11.3 Å². The summed E-state index contributed by atoms with van der Waals surface area (Å²) in [5, 5.41) is 10.1. The number of thiophene rings is 1. The molecule has 5 rings (SSSR count). The highest BCUT2D eigenvalue weighted by molar-refractivity contribution is 7.22. The molecule has 5 heteroatoms. The van der Waals surface area contributed by atoms with Gasteiger partial charge in [0, 0.05) is 4.70 Å². The molecule has 0 saturated carbocycles. The van der Waals surface area contributed by atoms with Gasteiger partial charge in [-0.3, -0.25) is 0 Å². The summed E-state index contributed by atoms with van der Waals surface area (Å²) in [6, 6.07) is 10.7. The molecule has 2 aromatic heterocycles. The highest BCUT2D eigenvalue weighted by Crippen LogP contribution is 2.40. The van der Waals surface area contributed by atoms with Gasteiger partial charge < -0.3 is 9.30 Å². The van der Waals surface area contributed by atoms with Crippen molar-refractivity contribution in [2.45, 2.75) is 31.6 Å². The second-order valence-corrected chi connectivity index (χ2v) is 6.55. The molecule has 0 spiro atoms. The Kier molecular flexibility index (Phi) is 2.14. The number of hydrogen-bond donors (Lipinski definition) is 0. The van der Waals surface area contributed by atoms with Gasteiger partial charge in [-0.2, -0.15) is 0 Å². The Balaban J connectivity index is 1.68. The van der Waals surface area contributed by atoms with Crippen LogP contribution in [-0.2, 0) is 11.3 Å². The van der Waals surface area contributed by atoms with Crippen molar-refractivity contribution in [2.75, 3.05) is 0 Å². The van der Waals surface area contributed by atoms with Gasteiger partial charge >= 0.3 is 0 Å². The lowest BCUT2D eigenvalue weighted by Gasteiger charge is -2.22. The summed E-state index contributed by atoms with van der Waals surface area (Å²) in [5.74, 6) is 2.01. The third-order valence-electron chi connectivity index (χ3n) is 4.21. The van der Waals surface area contributed by atoms with E-state index in [1.54, 1.807) is 11.3 Å². The summed E-state index contributed by atoms with van der Waals surface area (Å²) < 4.78 is 9.47. The lowest BCUT2D eigenvalue weighted by molar-refractivity contribution is 0.00633. The molecule has 100 valence electrons. The normalized spacial score (nSPS) is 24.2. The average molecular weight is 283 g/mol. The van der Waals surface area contributed by atoms with E-state index in [4.69, 9.17) is 4.74 Å². The standard InChI is InChI=1S/C15H13N3OS/c1-2-4-12-9(3-1)7-13(20-12)15-17-16-14-11-6-5-10(19-11)8-18(14)15/h1-4,7,10-11H,5-6,8H2/t10-,11+/m1/s1. The van der Waals surface area contributed by atoms with Crippen LogP contribution in [0.3, 0.4) is 0 Å². The van der Waals surface area contributed by atoms with Crippen LogP contribution in [0.25, 0.3) is 20.8 Å². The summed E-state index contributed by atoms with van der Waals surface area (Å²) in [7, 11) is 0. The van der Waals surface area contributed by atoms with Gasteiger partial charge in [-0.05, 0) is 30.4 Å². The largest absolute Gasteiger partial charge is 0.365 e. The van der Waals surface area contributed by atoms with Gasteiger partial charge in [0.2, 0.25) is 0 Å². The minimum absolute atomic E-state index is 0.157. The lowest BCUT2D eigenvalue weighted by atomic mass is 10.2. The van der Waals surface area contributed by atoms with Crippen molar-refractivity contribution < 1.29 is 4.74 Å². The minimum atomic E-state index is 0.157. The predicted molar refractivity (Wildman–Crippen MR) is 77.7 cm³/mol. The van der Waals surface area contributed by atoms with Crippen LogP contribution in [0.4, 0.5) is 0 Å². The van der Waals surface area contributed by atoms with Crippen molar-refractivity contribution in [1.82, 2.24) is 14.8 Å². The molecule has 2 aliphatic rings. The fourth-order valence-electron chi connectivity index (χ4n) is 3.24. The van der Waals surface area contributed by atoms with Crippen molar-refractivity contribution >= 4 is 21.4 Å². The monoisotopic (exact) mass is 283 g/mol. The average Bonchev–Trinajstić information content (AvgIpc) is 3.16. The smallest absolute Gasteiger partial charge is 0.174 e. The number of rotatable bonds is 1. The van der Waals surface area contributed by atoms with E-state index in [-0.39, 0.29) is 6.10 Å². The van der Waals surface area contributed by atoms with E-state index in [2.05, 4.69) is 45.1 Å². The minimum Gasteiger partial charge on any atom is -0.365 e. The Hall–Kier alpha value is -1.72. The van der Waals surface area contributed by atoms with Crippen molar-refractivity contribution in [2.24, 2.45) is 0 Å². The molecule has 4 nitrogen and oxygen atoms in total. The van der Waals surface area contributed by atoms with E-state index in [1.165, 1.54) is 15.0 Å². The highest BCUT2D eigenvalue weighted by atomic mass is 32.1. The van der Waals surface area contributed by atoms with Gasteiger partial charge in [-0.15, -0.1) is 21.5 Å². The van der Waals surface area contributed by atoms with Crippen LogP contribution in [0.1, 0.15) is 24.8 Å². The number of hydrogen-bond acceptors (Lipinski definition) is 4. The van der Waals surface area contributed by atoms with Crippen molar-refractivity contribution in [3.63, 3.8) is 0 Å². The molecule has 0 N–H and O–H groups in total. The van der Waals surface area contributed by atoms with Gasteiger partial charge in [-0.25, -0.2) is 0 Å². The van der Waals surface area contributed by atoms with Crippen molar-refractivity contribution in [1.29, 1.82) is 0 Å². The van der Waals surface area contributed by atoms with E-state index in [0.29, 0.717) is 6.10 Å². The molecule has 0 amide bonds. The molecular formula is C15H13N3OS. The lowest BCUT2D eigenvalue weighted by Crippen LogP contribution is -2.24. The van der Waals surface area contributed by atoms with Crippen LogP contribution < -0.4 is 0 Å². The molecule has 1 fully saturated rings. The quantitative estimate of drug-likeness (QED) is 0.687. The molecule has 0 unspecified atom stereocenters. The fourth-order valence-corrected chi connectivity index (χ4v) is 4.30. The van der Waals surface area contributed by atoms with Crippen LogP contribution in [-0.4, -0.2) is 20.9 Å². The maximum Gasteiger partial charge on any atom is 0.174 e. The molecular weight excluding hydrogens is 270 g/mol. The molecule has 4 heterocycles. The van der Waals surface area contributed by atoms with E-state index < -0.39 is 0 Å². The van der Waals surface area contributed by atoms with Crippen LogP contribution in [0.2, 0.25) is 0 Å². The van der Waals surface area contributed by atoms with Crippen molar-refractivity contribution in [3.05, 3.63) is 36.2 Å². The fraction of sp³-hybridized carbons (Fsp3) is 0.333. The van der Waals surface area contributed by atoms with Gasteiger partial charge in [0.05, 0.1) is 17.5 Å².